The maximum absolute atomic E-state index is 13.1. The first kappa shape index (κ1) is 14.2. The monoisotopic (exact) mass is 299 g/mol. The maximum Gasteiger partial charge on any atom is 0.417 e. The minimum absolute atomic E-state index is 0.227. The van der Waals surface area contributed by atoms with Gasteiger partial charge in [-0.25, -0.2) is 0 Å². The van der Waals surface area contributed by atoms with Crippen LogP contribution in [0.2, 0.25) is 0 Å². The van der Waals surface area contributed by atoms with Crippen LogP contribution in [0.15, 0.2) is 18.2 Å². The Morgan fingerprint density at radius 1 is 1.33 bits per heavy atom. The zero-order valence-corrected chi connectivity index (χ0v) is 11.3. The molecule has 0 bridgehead atoms. The van der Waals surface area contributed by atoms with E-state index in [9.17, 15) is 18.0 Å². The molecule has 1 aromatic rings. The number of carbonyl (C=O) groups is 1. The van der Waals surface area contributed by atoms with Crippen LogP contribution in [0.1, 0.15) is 22.3 Å². The molecule has 2 atom stereocenters. The summed E-state index contributed by atoms with van der Waals surface area (Å²) >= 11 is 0. The minimum Gasteiger partial charge on any atom is -0.367 e. The van der Waals surface area contributed by atoms with Gasteiger partial charge in [0, 0.05) is 31.4 Å². The van der Waals surface area contributed by atoms with Gasteiger partial charge in [0.25, 0.3) is 0 Å². The molecule has 4 nitrogen and oxygen atoms in total. The van der Waals surface area contributed by atoms with Gasteiger partial charge in [0.2, 0.25) is 5.91 Å². The summed E-state index contributed by atoms with van der Waals surface area (Å²) in [4.78, 5) is 13.2. The number of anilines is 1. The number of hydrogen-bond acceptors (Lipinski definition) is 3. The fourth-order valence-electron chi connectivity index (χ4n) is 3.33. The molecule has 0 unspecified atom stereocenters. The van der Waals surface area contributed by atoms with Crippen molar-refractivity contribution in [1.82, 2.24) is 5.32 Å². The van der Waals surface area contributed by atoms with Gasteiger partial charge in [-0.15, -0.1) is 0 Å². The number of halogens is 3. The van der Waals surface area contributed by atoms with Crippen molar-refractivity contribution in [3.8, 4) is 0 Å². The lowest BCUT2D eigenvalue weighted by atomic mass is 10.0. The van der Waals surface area contributed by atoms with E-state index in [0.717, 1.165) is 32.1 Å². The topological polar surface area (TPSA) is 58.4 Å². The summed E-state index contributed by atoms with van der Waals surface area (Å²) in [5.74, 6) is -0.578. The second-order valence-electron chi connectivity index (χ2n) is 5.56. The summed E-state index contributed by atoms with van der Waals surface area (Å²) in [6, 6.07) is 4.00. The van der Waals surface area contributed by atoms with Crippen LogP contribution in [0, 0.1) is 5.92 Å². The summed E-state index contributed by atoms with van der Waals surface area (Å²) in [7, 11) is 0. The molecule has 0 aliphatic carbocycles. The van der Waals surface area contributed by atoms with Gasteiger partial charge < -0.3 is 16.0 Å². The number of rotatable bonds is 2. The highest BCUT2D eigenvalue weighted by Crippen LogP contribution is 2.37. The lowest BCUT2D eigenvalue weighted by Gasteiger charge is -2.27. The number of carbonyl (C=O) groups excluding carboxylic acids is 1. The average Bonchev–Trinajstić information content (AvgIpc) is 2.99. The molecule has 0 aromatic heterocycles. The van der Waals surface area contributed by atoms with Gasteiger partial charge in [-0.3, -0.25) is 4.79 Å². The molecule has 21 heavy (non-hydrogen) atoms. The molecule has 2 aliphatic rings. The highest BCUT2D eigenvalue weighted by Gasteiger charge is 2.40. The first-order valence-corrected chi connectivity index (χ1v) is 6.86. The van der Waals surface area contributed by atoms with Crippen LogP contribution in [0.4, 0.5) is 18.9 Å². The van der Waals surface area contributed by atoms with E-state index in [-0.39, 0.29) is 6.04 Å². The Kier molecular flexibility index (Phi) is 3.32. The number of nitrogens with one attached hydrogen (secondary N) is 1. The molecule has 2 aliphatic heterocycles. The molecule has 3 N–H and O–H groups in total. The average molecular weight is 299 g/mol. The lowest BCUT2D eigenvalue weighted by molar-refractivity contribution is -0.137. The van der Waals surface area contributed by atoms with Gasteiger partial charge in [0.15, 0.2) is 0 Å². The van der Waals surface area contributed by atoms with Crippen LogP contribution in [0.3, 0.4) is 0 Å². The predicted molar refractivity (Wildman–Crippen MR) is 72.1 cm³/mol. The Hall–Kier alpha value is -1.76. The number of nitrogens with zero attached hydrogens (tertiary/aromatic N) is 1. The third kappa shape index (κ3) is 2.46. The van der Waals surface area contributed by atoms with Crippen molar-refractivity contribution in [3.05, 3.63) is 29.3 Å². The largest absolute Gasteiger partial charge is 0.417 e. The van der Waals surface area contributed by atoms with Crippen molar-refractivity contribution in [2.45, 2.75) is 18.6 Å². The van der Waals surface area contributed by atoms with Crippen molar-refractivity contribution >= 4 is 11.6 Å². The van der Waals surface area contributed by atoms with E-state index in [1.807, 2.05) is 4.90 Å². The first-order chi connectivity index (χ1) is 9.88. The van der Waals surface area contributed by atoms with E-state index in [1.165, 1.54) is 6.07 Å². The number of fused-ring (bicyclic) bond motifs is 1. The second kappa shape index (κ2) is 4.91. The van der Waals surface area contributed by atoms with E-state index >= 15 is 0 Å². The maximum atomic E-state index is 13.1. The standard InChI is InChI=1S/C14H16F3N3O/c15-14(16,17)11-5-9(1-2-10(11)13(18)21)20-4-3-8-6-19-7-12(8)20/h1-2,5,8,12,19H,3-4,6-7H2,(H2,18,21)/t8-,12+/m0/s1. The van der Waals surface area contributed by atoms with Gasteiger partial charge >= 0.3 is 6.18 Å². The van der Waals surface area contributed by atoms with E-state index < -0.39 is 23.2 Å². The van der Waals surface area contributed by atoms with Gasteiger partial charge in [-0.2, -0.15) is 13.2 Å². The molecule has 2 fully saturated rings. The number of primary amides is 1. The Morgan fingerprint density at radius 2 is 2.10 bits per heavy atom. The molecular weight excluding hydrogens is 283 g/mol. The summed E-state index contributed by atoms with van der Waals surface area (Å²) in [6.07, 6.45) is -3.62. The van der Waals surface area contributed by atoms with Crippen molar-refractivity contribution in [2.24, 2.45) is 11.7 Å². The Labute approximate surface area is 120 Å². The fraction of sp³-hybridized carbons (Fsp3) is 0.500. The van der Waals surface area contributed by atoms with Crippen molar-refractivity contribution in [1.29, 1.82) is 0 Å². The van der Waals surface area contributed by atoms with E-state index in [1.54, 1.807) is 6.07 Å². The second-order valence-corrected chi connectivity index (χ2v) is 5.56. The van der Waals surface area contributed by atoms with Crippen LogP contribution in [-0.4, -0.2) is 31.6 Å². The summed E-state index contributed by atoms with van der Waals surface area (Å²) < 4.78 is 39.3. The molecule has 1 amide bonds. The third-order valence-electron chi connectivity index (χ3n) is 4.35. The van der Waals surface area contributed by atoms with Crippen LogP contribution in [0.25, 0.3) is 0 Å². The zero-order chi connectivity index (χ0) is 15.2. The minimum atomic E-state index is -4.59. The summed E-state index contributed by atoms with van der Waals surface area (Å²) in [6.45, 7) is 2.43. The van der Waals surface area contributed by atoms with Crippen LogP contribution >= 0.6 is 0 Å². The zero-order valence-electron chi connectivity index (χ0n) is 11.3. The molecule has 3 rings (SSSR count). The predicted octanol–water partition coefficient (Wildman–Crippen LogP) is 1.60. The smallest absolute Gasteiger partial charge is 0.367 e. The van der Waals surface area contributed by atoms with Crippen molar-refractivity contribution < 1.29 is 18.0 Å². The normalized spacial score (nSPS) is 25.2. The van der Waals surface area contributed by atoms with Crippen LogP contribution in [0.5, 0.6) is 0 Å². The van der Waals surface area contributed by atoms with E-state index in [2.05, 4.69) is 5.32 Å². The molecule has 1 aromatic carbocycles. The van der Waals surface area contributed by atoms with Gasteiger partial charge in [0.1, 0.15) is 0 Å². The molecule has 0 spiro atoms. The molecule has 0 radical (unpaired) electrons. The molecular formula is C14H16F3N3O. The highest BCUT2D eigenvalue weighted by molar-refractivity contribution is 5.95. The first-order valence-electron chi connectivity index (χ1n) is 6.86. The molecule has 0 saturated carbocycles. The van der Waals surface area contributed by atoms with Gasteiger partial charge in [-0.05, 0) is 30.5 Å². The number of alkyl halides is 3. The quantitative estimate of drug-likeness (QED) is 0.872. The molecule has 114 valence electrons. The molecule has 2 heterocycles. The van der Waals surface area contributed by atoms with Crippen molar-refractivity contribution in [2.75, 3.05) is 24.5 Å². The lowest BCUT2D eigenvalue weighted by Crippen LogP contribution is -2.34. The number of benzene rings is 1. The number of amides is 1. The summed E-state index contributed by atoms with van der Waals surface area (Å²) in [5, 5.41) is 3.26. The third-order valence-corrected chi connectivity index (χ3v) is 4.35. The van der Waals surface area contributed by atoms with E-state index in [4.69, 9.17) is 5.73 Å². The number of hydrogen-bond donors (Lipinski definition) is 2. The van der Waals surface area contributed by atoms with Crippen LogP contribution < -0.4 is 16.0 Å². The van der Waals surface area contributed by atoms with Crippen molar-refractivity contribution in [3.63, 3.8) is 0 Å². The van der Waals surface area contributed by atoms with E-state index in [0.29, 0.717) is 11.6 Å². The van der Waals surface area contributed by atoms with Crippen LogP contribution in [-0.2, 0) is 6.18 Å². The Balaban J connectivity index is 1.99. The Bertz CT molecular complexity index is 573. The molecule has 2 saturated heterocycles. The SMILES string of the molecule is NC(=O)c1ccc(N2CC[C@H]3CNC[C@H]32)cc1C(F)(F)F. The highest BCUT2D eigenvalue weighted by atomic mass is 19.4. The van der Waals surface area contributed by atoms with Gasteiger partial charge in [-0.1, -0.05) is 0 Å². The fourth-order valence-corrected chi connectivity index (χ4v) is 3.33. The Morgan fingerprint density at radius 3 is 2.76 bits per heavy atom. The number of nitrogens with two attached hydrogens (primary N) is 1. The van der Waals surface area contributed by atoms with Gasteiger partial charge in [0.05, 0.1) is 11.1 Å². The summed E-state index contributed by atoms with van der Waals surface area (Å²) in [5.41, 5.74) is 4.10. The molecule has 7 heteroatoms.